The second-order valence-electron chi connectivity index (χ2n) is 7.29. The number of aliphatic hydroxyl groups is 1. The highest BCUT2D eigenvalue weighted by Crippen LogP contribution is 2.34. The number of hydrogen-bond donors (Lipinski definition) is 1. The van der Waals surface area contributed by atoms with Crippen LogP contribution in [0.1, 0.15) is 53.9 Å². The van der Waals surface area contributed by atoms with E-state index in [0.29, 0.717) is 6.61 Å². The van der Waals surface area contributed by atoms with Gasteiger partial charge in [0.1, 0.15) is 11.3 Å². The number of carbonyl (C=O) groups is 1. The number of hydrogen-bond acceptors (Lipinski definition) is 4. The van der Waals surface area contributed by atoms with Crippen molar-refractivity contribution < 1.29 is 19.4 Å². The van der Waals surface area contributed by atoms with Crippen molar-refractivity contribution in [3.8, 4) is 0 Å². The summed E-state index contributed by atoms with van der Waals surface area (Å²) in [5, 5.41) is 10.6. The zero-order valence-electron chi connectivity index (χ0n) is 13.7. The Morgan fingerprint density at radius 3 is 2.71 bits per heavy atom. The Labute approximate surface area is 126 Å². The molecule has 2 atom stereocenters. The summed E-state index contributed by atoms with van der Waals surface area (Å²) in [4.78, 5) is 14.0. The molecule has 1 saturated heterocycles. The Hall–Kier alpha value is -1.07. The monoisotopic (exact) mass is 297 g/mol. The molecule has 0 bridgehead atoms. The van der Waals surface area contributed by atoms with Gasteiger partial charge in [-0.2, -0.15) is 0 Å². The highest BCUT2D eigenvalue weighted by atomic mass is 16.6. The summed E-state index contributed by atoms with van der Waals surface area (Å²) in [5.74, 6) is 0. The summed E-state index contributed by atoms with van der Waals surface area (Å²) in [6.07, 6.45) is 3.91. The first kappa shape index (κ1) is 16.3. The summed E-state index contributed by atoms with van der Waals surface area (Å²) in [5.41, 5.74) is -0.333. The van der Waals surface area contributed by atoms with Crippen LogP contribution in [0.3, 0.4) is 0 Å². The predicted octanol–water partition coefficient (Wildman–Crippen LogP) is 2.83. The fourth-order valence-corrected chi connectivity index (χ4v) is 2.94. The fourth-order valence-electron chi connectivity index (χ4n) is 2.94. The van der Waals surface area contributed by atoms with Crippen LogP contribution in [0, 0.1) is 0 Å². The summed E-state index contributed by atoms with van der Waals surface area (Å²) in [7, 11) is 0. The fraction of sp³-hybridized carbons (Fsp3) is 0.812. The third-order valence-corrected chi connectivity index (χ3v) is 3.93. The molecule has 120 valence electrons. The molecule has 1 aliphatic heterocycles. The van der Waals surface area contributed by atoms with E-state index in [4.69, 9.17) is 9.47 Å². The topological polar surface area (TPSA) is 59.0 Å². The Kier molecular flexibility index (Phi) is 4.36. The molecule has 0 spiro atoms. The molecule has 1 N–H and O–H groups in total. The van der Waals surface area contributed by atoms with Gasteiger partial charge in [-0.25, -0.2) is 4.79 Å². The Morgan fingerprint density at radius 2 is 2.19 bits per heavy atom. The maximum absolute atomic E-state index is 12.5. The number of nitrogens with zero attached hydrogens (tertiary/aromatic N) is 1. The Bertz CT molecular complexity index is 436. The molecule has 0 radical (unpaired) electrons. The van der Waals surface area contributed by atoms with Crippen LogP contribution in [-0.4, -0.2) is 46.2 Å². The van der Waals surface area contributed by atoms with Crippen LogP contribution in [0.4, 0.5) is 4.79 Å². The summed E-state index contributed by atoms with van der Waals surface area (Å²) in [6, 6.07) is -0.390. The maximum atomic E-state index is 12.5. The minimum Gasteiger partial charge on any atom is -0.444 e. The number of rotatable bonds is 2. The molecular weight excluding hydrogens is 270 g/mol. The lowest BCUT2D eigenvalue weighted by Crippen LogP contribution is -2.53. The average Bonchev–Trinajstić information content (AvgIpc) is 2.92. The predicted molar refractivity (Wildman–Crippen MR) is 79.8 cm³/mol. The molecule has 1 amide bonds. The SMILES string of the molecule is CC(C)(C)OC(=O)N1C(C(O)C2=CCCC2)COC1(C)C. The second-order valence-corrected chi connectivity index (χ2v) is 7.29. The summed E-state index contributed by atoms with van der Waals surface area (Å²) >= 11 is 0. The lowest BCUT2D eigenvalue weighted by atomic mass is 10.0. The molecule has 5 nitrogen and oxygen atoms in total. The number of ether oxygens (including phenoxy) is 2. The van der Waals surface area contributed by atoms with Crippen molar-refractivity contribution in [3.63, 3.8) is 0 Å². The van der Waals surface area contributed by atoms with Crippen LogP contribution in [-0.2, 0) is 9.47 Å². The molecule has 2 unspecified atom stereocenters. The molecule has 1 fully saturated rings. The van der Waals surface area contributed by atoms with Gasteiger partial charge in [0.15, 0.2) is 0 Å². The van der Waals surface area contributed by atoms with Crippen LogP contribution < -0.4 is 0 Å². The van der Waals surface area contributed by atoms with Gasteiger partial charge in [0.05, 0.1) is 18.8 Å². The van der Waals surface area contributed by atoms with Gasteiger partial charge in [-0.15, -0.1) is 0 Å². The molecule has 21 heavy (non-hydrogen) atoms. The molecule has 1 aliphatic carbocycles. The Morgan fingerprint density at radius 1 is 1.52 bits per heavy atom. The van der Waals surface area contributed by atoms with Gasteiger partial charge in [0.2, 0.25) is 0 Å². The van der Waals surface area contributed by atoms with E-state index in [1.807, 2.05) is 34.6 Å². The Balaban J connectivity index is 2.18. The van der Waals surface area contributed by atoms with Crippen molar-refractivity contribution >= 4 is 6.09 Å². The van der Waals surface area contributed by atoms with Crippen molar-refractivity contribution in [3.05, 3.63) is 11.6 Å². The molecule has 0 aromatic carbocycles. The molecule has 0 aromatic heterocycles. The summed E-state index contributed by atoms with van der Waals surface area (Å²) < 4.78 is 11.2. The molecule has 2 aliphatic rings. The number of aliphatic hydroxyl groups excluding tert-OH is 1. The first-order chi connectivity index (χ1) is 9.62. The van der Waals surface area contributed by atoms with Crippen LogP contribution in [0.2, 0.25) is 0 Å². The molecule has 0 aromatic rings. The molecule has 5 heteroatoms. The highest BCUT2D eigenvalue weighted by molar-refractivity contribution is 5.70. The molecule has 0 saturated carbocycles. The minimum atomic E-state index is -0.771. The molecular formula is C16H27NO4. The van der Waals surface area contributed by atoms with E-state index in [1.54, 1.807) is 4.90 Å². The normalized spacial score (nSPS) is 26.7. The van der Waals surface area contributed by atoms with Gasteiger partial charge in [0.25, 0.3) is 0 Å². The van der Waals surface area contributed by atoms with Crippen molar-refractivity contribution in [2.75, 3.05) is 6.61 Å². The van der Waals surface area contributed by atoms with Gasteiger partial charge >= 0.3 is 6.09 Å². The van der Waals surface area contributed by atoms with Crippen LogP contribution >= 0.6 is 0 Å². The van der Waals surface area contributed by atoms with Crippen molar-refractivity contribution in [2.45, 2.75) is 77.4 Å². The lowest BCUT2D eigenvalue weighted by molar-refractivity contribution is -0.0664. The van der Waals surface area contributed by atoms with E-state index in [1.165, 1.54) is 0 Å². The second kappa shape index (κ2) is 5.61. The largest absolute Gasteiger partial charge is 0.444 e. The molecule has 2 rings (SSSR count). The standard InChI is InChI=1S/C16H27NO4/c1-15(2,3)21-14(19)17-12(10-20-16(17,4)5)13(18)11-8-6-7-9-11/h8,12-13,18H,6-7,9-10H2,1-5H3. The third kappa shape index (κ3) is 3.58. The smallest absolute Gasteiger partial charge is 0.413 e. The van der Waals surface area contributed by atoms with Crippen LogP contribution in [0.5, 0.6) is 0 Å². The van der Waals surface area contributed by atoms with Gasteiger partial charge in [-0.1, -0.05) is 6.08 Å². The van der Waals surface area contributed by atoms with E-state index in [9.17, 15) is 9.90 Å². The highest BCUT2D eigenvalue weighted by Gasteiger charge is 2.49. The third-order valence-electron chi connectivity index (χ3n) is 3.93. The zero-order valence-corrected chi connectivity index (χ0v) is 13.7. The zero-order chi connectivity index (χ0) is 15.8. The number of allylic oxidation sites excluding steroid dienone is 1. The number of carbonyl (C=O) groups excluding carboxylic acids is 1. The van der Waals surface area contributed by atoms with Crippen molar-refractivity contribution in [1.82, 2.24) is 4.90 Å². The van der Waals surface area contributed by atoms with E-state index < -0.39 is 23.5 Å². The van der Waals surface area contributed by atoms with E-state index >= 15 is 0 Å². The first-order valence-electron chi connectivity index (χ1n) is 7.65. The van der Waals surface area contributed by atoms with Gasteiger partial charge in [-0.05, 0) is 59.5 Å². The minimum absolute atomic E-state index is 0.324. The molecule has 1 heterocycles. The maximum Gasteiger partial charge on any atom is 0.413 e. The average molecular weight is 297 g/mol. The van der Waals surface area contributed by atoms with E-state index in [2.05, 4.69) is 6.08 Å². The quantitative estimate of drug-likeness (QED) is 0.796. The first-order valence-corrected chi connectivity index (χ1v) is 7.65. The van der Waals surface area contributed by atoms with E-state index in [0.717, 1.165) is 24.8 Å². The van der Waals surface area contributed by atoms with Crippen LogP contribution in [0.15, 0.2) is 11.6 Å². The van der Waals surface area contributed by atoms with Crippen molar-refractivity contribution in [2.24, 2.45) is 0 Å². The summed E-state index contributed by atoms with van der Waals surface area (Å²) in [6.45, 7) is 9.48. The number of amides is 1. The van der Waals surface area contributed by atoms with Gasteiger partial charge in [0, 0.05) is 0 Å². The van der Waals surface area contributed by atoms with Crippen LogP contribution in [0.25, 0.3) is 0 Å². The lowest BCUT2D eigenvalue weighted by Gasteiger charge is -2.36. The van der Waals surface area contributed by atoms with Gasteiger partial charge < -0.3 is 14.6 Å². The van der Waals surface area contributed by atoms with Crippen molar-refractivity contribution in [1.29, 1.82) is 0 Å². The van der Waals surface area contributed by atoms with E-state index in [-0.39, 0.29) is 6.04 Å². The van der Waals surface area contributed by atoms with Gasteiger partial charge in [-0.3, -0.25) is 4.90 Å².